The lowest BCUT2D eigenvalue weighted by Gasteiger charge is -2.43. The summed E-state index contributed by atoms with van der Waals surface area (Å²) in [6.07, 6.45) is 14.3. The Morgan fingerprint density at radius 2 is 2.15 bits per heavy atom. The average Bonchev–Trinajstić information content (AvgIpc) is 2.66. The number of hydrogen-bond donors (Lipinski definition) is 1. The topological polar surface area (TPSA) is 46.9 Å². The van der Waals surface area contributed by atoms with E-state index in [0.29, 0.717) is 18.4 Å². The second-order valence-corrected chi connectivity index (χ2v) is 8.46. The van der Waals surface area contributed by atoms with E-state index in [1.54, 1.807) is 10.6 Å². The van der Waals surface area contributed by atoms with Crippen LogP contribution in [0.25, 0.3) is 5.57 Å². The molecule has 4 nitrogen and oxygen atoms in total. The second-order valence-electron chi connectivity index (χ2n) is 8.46. The molecule has 1 atom stereocenters. The third-order valence-corrected chi connectivity index (χ3v) is 6.51. The van der Waals surface area contributed by atoms with Crippen molar-refractivity contribution in [3.8, 4) is 0 Å². The molecular weight excluding hydrogens is 334 g/mol. The number of aromatic nitrogens is 2. The first-order chi connectivity index (χ1) is 13.1. The van der Waals surface area contributed by atoms with Gasteiger partial charge in [0.1, 0.15) is 0 Å². The van der Waals surface area contributed by atoms with Crippen LogP contribution in [0.2, 0.25) is 0 Å². The Kier molecular flexibility index (Phi) is 4.83. The Balaban J connectivity index is 1.99. The zero-order chi connectivity index (χ0) is 19.0. The number of rotatable bonds is 4. The van der Waals surface area contributed by atoms with E-state index in [2.05, 4.69) is 31.0 Å². The zero-order valence-corrected chi connectivity index (χ0v) is 16.7. The van der Waals surface area contributed by atoms with Gasteiger partial charge in [-0.1, -0.05) is 44.4 Å². The number of nitrogens with zero attached hydrogens (tertiary/aromatic N) is 2. The number of fused-ring (bicyclic) bond motifs is 3. The lowest BCUT2D eigenvalue weighted by Crippen LogP contribution is -2.43. The van der Waals surface area contributed by atoms with Crippen LogP contribution < -0.4 is 10.9 Å². The van der Waals surface area contributed by atoms with Crippen LogP contribution in [0.3, 0.4) is 0 Å². The molecule has 1 unspecified atom stereocenters. The van der Waals surface area contributed by atoms with E-state index in [1.165, 1.54) is 30.4 Å². The van der Waals surface area contributed by atoms with Crippen LogP contribution in [0, 0.1) is 5.92 Å². The average molecular weight is 366 g/mol. The molecule has 3 aliphatic carbocycles. The minimum Gasteiger partial charge on any atom is -0.356 e. The molecule has 27 heavy (non-hydrogen) atoms. The highest BCUT2D eigenvalue weighted by atomic mass is 16.1. The summed E-state index contributed by atoms with van der Waals surface area (Å²) in [5.41, 5.74) is 4.81. The summed E-state index contributed by atoms with van der Waals surface area (Å²) in [6.45, 7) is 9.39. The Bertz CT molecular complexity index is 868. The third-order valence-electron chi connectivity index (χ3n) is 6.51. The summed E-state index contributed by atoms with van der Waals surface area (Å²) in [4.78, 5) is 18.8. The molecule has 0 saturated heterocycles. The Morgan fingerprint density at radius 3 is 2.85 bits per heavy atom. The normalized spacial score (nSPS) is 23.1. The summed E-state index contributed by atoms with van der Waals surface area (Å²) in [6, 6.07) is 0. The standard InChI is InChI=1S/C23H31N3O/c1-4-13-26-21(27)19-20(25-22(26)24-5-2)18-14-16(3)9-10-17(18)15-23(19)11-7-6-8-12-23/h4,9-10,16H,1,5-8,11-15H2,2-3H3,(H,24,25). The fraction of sp³-hybridized carbons (Fsp3) is 0.565. The maximum absolute atomic E-state index is 13.7. The molecule has 0 aliphatic heterocycles. The largest absolute Gasteiger partial charge is 0.356 e. The maximum atomic E-state index is 13.7. The van der Waals surface area contributed by atoms with E-state index in [9.17, 15) is 4.79 Å². The molecule has 1 spiro atoms. The minimum atomic E-state index is -0.0327. The van der Waals surface area contributed by atoms with Crippen molar-refractivity contribution in [1.29, 1.82) is 0 Å². The smallest absolute Gasteiger partial charge is 0.259 e. The van der Waals surface area contributed by atoms with Gasteiger partial charge < -0.3 is 5.32 Å². The monoisotopic (exact) mass is 365 g/mol. The van der Waals surface area contributed by atoms with Crippen LogP contribution in [0.4, 0.5) is 5.95 Å². The van der Waals surface area contributed by atoms with Gasteiger partial charge in [0.2, 0.25) is 5.95 Å². The first kappa shape index (κ1) is 18.3. The van der Waals surface area contributed by atoms with Crippen LogP contribution in [0.5, 0.6) is 0 Å². The molecule has 1 heterocycles. The summed E-state index contributed by atoms with van der Waals surface area (Å²) >= 11 is 0. The van der Waals surface area contributed by atoms with Crippen molar-refractivity contribution < 1.29 is 0 Å². The highest BCUT2D eigenvalue weighted by molar-refractivity contribution is 5.76. The van der Waals surface area contributed by atoms with Crippen molar-refractivity contribution in [2.45, 2.75) is 70.8 Å². The zero-order valence-electron chi connectivity index (χ0n) is 16.7. The molecule has 3 aliphatic rings. The Labute approximate surface area is 162 Å². The molecule has 1 saturated carbocycles. The molecule has 1 fully saturated rings. The molecule has 0 amide bonds. The van der Waals surface area contributed by atoms with E-state index >= 15 is 0 Å². The molecule has 1 N–H and O–H groups in total. The van der Waals surface area contributed by atoms with Gasteiger partial charge in [-0.2, -0.15) is 0 Å². The number of nitrogens with one attached hydrogen (secondary N) is 1. The van der Waals surface area contributed by atoms with E-state index in [1.807, 2.05) is 6.92 Å². The number of hydrogen-bond acceptors (Lipinski definition) is 3. The maximum Gasteiger partial charge on any atom is 0.259 e. The van der Waals surface area contributed by atoms with Gasteiger partial charge >= 0.3 is 0 Å². The van der Waals surface area contributed by atoms with Crippen molar-refractivity contribution in [2.75, 3.05) is 11.9 Å². The van der Waals surface area contributed by atoms with Crippen LogP contribution in [0.1, 0.15) is 70.1 Å². The van der Waals surface area contributed by atoms with E-state index < -0.39 is 0 Å². The van der Waals surface area contributed by atoms with Gasteiger partial charge in [0.05, 0.1) is 11.3 Å². The summed E-state index contributed by atoms with van der Waals surface area (Å²) < 4.78 is 1.79. The second kappa shape index (κ2) is 7.14. The van der Waals surface area contributed by atoms with Crippen LogP contribution in [-0.2, 0) is 12.0 Å². The lowest BCUT2D eigenvalue weighted by atomic mass is 9.61. The fourth-order valence-electron chi connectivity index (χ4n) is 5.27. The summed E-state index contributed by atoms with van der Waals surface area (Å²) in [5.74, 6) is 1.18. The highest BCUT2D eigenvalue weighted by Crippen LogP contribution is 2.51. The molecule has 1 aromatic rings. The molecule has 4 rings (SSSR count). The molecule has 144 valence electrons. The SMILES string of the molecule is C=CCn1c(NCC)nc2c(c1=O)C1(CCCCC1)CC1=C2CC(C)C=C1. The molecular formula is C23H31N3O. The third kappa shape index (κ3) is 2.99. The van der Waals surface area contributed by atoms with Gasteiger partial charge in [-0.3, -0.25) is 9.36 Å². The number of anilines is 1. The molecule has 0 radical (unpaired) electrons. The van der Waals surface area contributed by atoms with Gasteiger partial charge in [0, 0.05) is 18.5 Å². The van der Waals surface area contributed by atoms with Crippen LogP contribution >= 0.6 is 0 Å². The number of allylic oxidation sites excluding steroid dienone is 5. The fourth-order valence-corrected chi connectivity index (χ4v) is 5.27. The van der Waals surface area contributed by atoms with Crippen molar-refractivity contribution in [3.63, 3.8) is 0 Å². The van der Waals surface area contributed by atoms with E-state index in [-0.39, 0.29) is 11.0 Å². The van der Waals surface area contributed by atoms with Gasteiger partial charge in [-0.25, -0.2) is 4.98 Å². The summed E-state index contributed by atoms with van der Waals surface area (Å²) in [5, 5.41) is 3.31. The molecule has 0 bridgehead atoms. The van der Waals surface area contributed by atoms with E-state index in [0.717, 1.165) is 43.5 Å². The summed E-state index contributed by atoms with van der Waals surface area (Å²) in [7, 11) is 0. The Morgan fingerprint density at radius 1 is 1.37 bits per heavy atom. The molecule has 1 aromatic heterocycles. The van der Waals surface area contributed by atoms with Crippen molar-refractivity contribution in [2.24, 2.45) is 5.92 Å². The minimum absolute atomic E-state index is 0.0327. The predicted octanol–water partition coefficient (Wildman–Crippen LogP) is 4.82. The van der Waals surface area contributed by atoms with Crippen molar-refractivity contribution >= 4 is 11.5 Å². The van der Waals surface area contributed by atoms with Gasteiger partial charge in [-0.05, 0) is 49.7 Å². The van der Waals surface area contributed by atoms with Crippen LogP contribution in [-0.4, -0.2) is 16.1 Å². The van der Waals surface area contributed by atoms with Gasteiger partial charge in [0.15, 0.2) is 0 Å². The Hall–Kier alpha value is -2.10. The van der Waals surface area contributed by atoms with Crippen molar-refractivity contribution in [1.82, 2.24) is 9.55 Å². The van der Waals surface area contributed by atoms with Crippen molar-refractivity contribution in [3.05, 3.63) is 52.0 Å². The first-order valence-electron chi connectivity index (χ1n) is 10.5. The predicted molar refractivity (Wildman–Crippen MR) is 112 cm³/mol. The quantitative estimate of drug-likeness (QED) is 0.779. The highest BCUT2D eigenvalue weighted by Gasteiger charge is 2.44. The van der Waals surface area contributed by atoms with E-state index in [4.69, 9.17) is 4.98 Å². The molecule has 4 heteroatoms. The first-order valence-corrected chi connectivity index (χ1v) is 10.5. The van der Waals surface area contributed by atoms with Gasteiger partial charge in [0.25, 0.3) is 5.56 Å². The van der Waals surface area contributed by atoms with Crippen LogP contribution in [0.15, 0.2) is 35.2 Å². The molecule has 0 aromatic carbocycles. The lowest BCUT2D eigenvalue weighted by molar-refractivity contribution is 0.282. The van der Waals surface area contributed by atoms with Gasteiger partial charge in [-0.15, -0.1) is 6.58 Å².